The van der Waals surface area contributed by atoms with Gasteiger partial charge < -0.3 is 19.7 Å². The van der Waals surface area contributed by atoms with Crippen LogP contribution in [0.15, 0.2) is 96.1 Å². The molecule has 2 aromatic heterocycles. The van der Waals surface area contributed by atoms with Gasteiger partial charge in [0.15, 0.2) is 0 Å². The fourth-order valence-electron chi connectivity index (χ4n) is 5.97. The quantitative estimate of drug-likeness (QED) is 0.136. The van der Waals surface area contributed by atoms with Crippen LogP contribution in [0.2, 0.25) is 5.02 Å². The highest BCUT2D eigenvalue weighted by atomic mass is 35.5. The molecule has 14 nitrogen and oxygen atoms in total. The zero-order valence-electron chi connectivity index (χ0n) is 28.1. The van der Waals surface area contributed by atoms with Gasteiger partial charge in [-0.25, -0.2) is 9.89 Å². The first-order valence-corrected chi connectivity index (χ1v) is 16.9. The lowest BCUT2D eigenvalue weighted by Gasteiger charge is -2.22. The summed E-state index contributed by atoms with van der Waals surface area (Å²) in [7, 11) is 1.33. The molecule has 0 radical (unpaired) electrons. The molecule has 0 bridgehead atoms. The summed E-state index contributed by atoms with van der Waals surface area (Å²) in [5.41, 5.74) is 3.80. The van der Waals surface area contributed by atoms with E-state index in [9.17, 15) is 19.2 Å². The maximum Gasteiger partial charge on any atom is 0.410 e. The number of halogens is 1. The summed E-state index contributed by atoms with van der Waals surface area (Å²) in [5.74, 6) is -0.805. The molecule has 1 unspecified atom stereocenters. The third kappa shape index (κ3) is 9.14. The van der Waals surface area contributed by atoms with Gasteiger partial charge in [-0.15, -0.1) is 5.10 Å². The summed E-state index contributed by atoms with van der Waals surface area (Å²) >= 11 is 6.26. The molecule has 1 aliphatic heterocycles. The first-order valence-electron chi connectivity index (χ1n) is 16.5. The van der Waals surface area contributed by atoms with Crippen LogP contribution < -0.4 is 10.9 Å². The maximum absolute atomic E-state index is 13.5. The number of hydrogen-bond acceptors (Lipinski definition) is 10. The van der Waals surface area contributed by atoms with Gasteiger partial charge in [-0.05, 0) is 76.2 Å². The van der Waals surface area contributed by atoms with E-state index in [4.69, 9.17) is 21.1 Å². The molecule has 2 amide bonds. The Morgan fingerprint density at radius 2 is 1.87 bits per heavy atom. The second kappa shape index (κ2) is 16.7. The third-order valence-electron chi connectivity index (χ3n) is 8.66. The number of benzene rings is 3. The number of nitrogens with one attached hydrogen (secondary N) is 2. The van der Waals surface area contributed by atoms with Gasteiger partial charge in [0.05, 0.1) is 36.5 Å². The van der Waals surface area contributed by atoms with E-state index in [-0.39, 0.29) is 24.9 Å². The van der Waals surface area contributed by atoms with Gasteiger partial charge in [0.2, 0.25) is 5.91 Å². The zero-order valence-corrected chi connectivity index (χ0v) is 28.9. The summed E-state index contributed by atoms with van der Waals surface area (Å²) in [5, 5.41) is 21.7. The highest BCUT2D eigenvalue weighted by molar-refractivity contribution is 6.30. The van der Waals surface area contributed by atoms with Crippen molar-refractivity contribution in [2.75, 3.05) is 20.2 Å². The largest absolute Gasteiger partial charge is 0.469 e. The van der Waals surface area contributed by atoms with Crippen molar-refractivity contribution < 1.29 is 23.9 Å². The van der Waals surface area contributed by atoms with Gasteiger partial charge in [0.1, 0.15) is 12.9 Å². The van der Waals surface area contributed by atoms with E-state index in [0.717, 1.165) is 11.1 Å². The van der Waals surface area contributed by atoms with Crippen molar-refractivity contribution in [3.05, 3.63) is 129 Å². The molecule has 1 aliphatic rings. The molecule has 2 atom stereocenters. The molecule has 1 saturated heterocycles. The summed E-state index contributed by atoms with van der Waals surface area (Å²) in [4.78, 5) is 52.8. The number of esters is 1. The van der Waals surface area contributed by atoms with Gasteiger partial charge in [-0.2, -0.15) is 9.78 Å². The van der Waals surface area contributed by atoms with Crippen LogP contribution in [0.5, 0.6) is 0 Å². The minimum atomic E-state index is -0.644. The Hall–Kier alpha value is -6.15. The predicted octanol–water partition coefficient (Wildman–Crippen LogP) is 4.70. The van der Waals surface area contributed by atoms with Gasteiger partial charge in [-0.1, -0.05) is 66.2 Å². The molecule has 15 heteroatoms. The van der Waals surface area contributed by atoms with Gasteiger partial charge in [0.25, 0.3) is 5.56 Å². The predicted molar refractivity (Wildman–Crippen MR) is 191 cm³/mol. The molecule has 2 N–H and O–H groups in total. The van der Waals surface area contributed by atoms with Crippen LogP contribution in [0.3, 0.4) is 0 Å². The van der Waals surface area contributed by atoms with Crippen LogP contribution in [0.25, 0.3) is 22.9 Å². The number of rotatable bonds is 12. The van der Waals surface area contributed by atoms with E-state index in [1.165, 1.54) is 24.2 Å². The van der Waals surface area contributed by atoms with Crippen LogP contribution >= 0.6 is 11.6 Å². The van der Waals surface area contributed by atoms with Crippen molar-refractivity contribution in [1.82, 2.24) is 40.6 Å². The molecular weight excluding hydrogens is 688 g/mol. The van der Waals surface area contributed by atoms with Crippen molar-refractivity contribution in [3.8, 4) is 16.8 Å². The average Bonchev–Trinajstić information content (AvgIpc) is 3.87. The van der Waals surface area contributed by atoms with Crippen LogP contribution in [-0.4, -0.2) is 73.5 Å². The molecule has 3 aromatic carbocycles. The molecule has 52 heavy (non-hydrogen) atoms. The minimum absolute atomic E-state index is 0.00677. The van der Waals surface area contributed by atoms with Gasteiger partial charge in [0, 0.05) is 29.8 Å². The van der Waals surface area contributed by atoms with Crippen molar-refractivity contribution in [3.63, 3.8) is 0 Å². The monoisotopic (exact) mass is 722 g/mol. The number of nitrogens with zero attached hydrogens (tertiary/aromatic N) is 6. The van der Waals surface area contributed by atoms with E-state index in [0.29, 0.717) is 59.0 Å². The number of H-pyrrole nitrogens is 1. The Morgan fingerprint density at radius 3 is 2.62 bits per heavy atom. The van der Waals surface area contributed by atoms with Gasteiger partial charge >= 0.3 is 12.1 Å². The Balaban J connectivity index is 1.22. The summed E-state index contributed by atoms with van der Waals surface area (Å²) in [6.45, 7) is 1.09. The third-order valence-corrected chi connectivity index (χ3v) is 8.89. The lowest BCUT2D eigenvalue weighted by Crippen LogP contribution is -2.32. The molecule has 3 heterocycles. The second-order valence-electron chi connectivity index (χ2n) is 12.2. The van der Waals surface area contributed by atoms with Crippen LogP contribution in [0.4, 0.5) is 4.79 Å². The number of aromatic amines is 1. The molecule has 5 aromatic rings. The highest BCUT2D eigenvalue weighted by Crippen LogP contribution is 2.29. The van der Waals surface area contributed by atoms with Crippen molar-refractivity contribution in [1.29, 1.82) is 0 Å². The topological polar surface area (TPSA) is 174 Å². The number of tetrazole rings is 1. The number of methoxy groups -OCH3 is 1. The van der Waals surface area contributed by atoms with E-state index in [2.05, 4.69) is 31.0 Å². The fourth-order valence-corrected chi connectivity index (χ4v) is 6.15. The first-order chi connectivity index (χ1) is 25.2. The minimum Gasteiger partial charge on any atom is -0.469 e. The number of carbonyl (C=O) groups is 3. The second-order valence-corrected chi connectivity index (χ2v) is 12.7. The SMILES string of the molecule is COC(=O)Cc1ccc(-c2cc([C@H](CC3CCN(C(=O)OCc4ccccc4)C3)NC(=O)/C=C/c3cc(Cl)ccc3-n3cnnn3)n[nH]c2=O)cc1. The summed E-state index contributed by atoms with van der Waals surface area (Å²) < 4.78 is 11.8. The highest BCUT2D eigenvalue weighted by Gasteiger charge is 2.31. The number of aromatic nitrogens is 6. The first kappa shape index (κ1) is 35.7. The average molecular weight is 723 g/mol. The Labute approximate surface area is 303 Å². The fraction of sp³-hybridized carbons (Fsp3) is 0.243. The van der Waals surface area contributed by atoms with Gasteiger partial charge in [-0.3, -0.25) is 14.4 Å². The van der Waals surface area contributed by atoms with E-state index < -0.39 is 23.6 Å². The van der Waals surface area contributed by atoms with E-state index in [1.807, 2.05) is 30.3 Å². The molecular formula is C37H35ClN8O6. The Kier molecular flexibility index (Phi) is 11.5. The smallest absolute Gasteiger partial charge is 0.410 e. The number of likely N-dealkylation sites (tertiary alicyclic amines) is 1. The summed E-state index contributed by atoms with van der Waals surface area (Å²) in [6, 6.07) is 22.6. The Bertz CT molecular complexity index is 2110. The van der Waals surface area contributed by atoms with E-state index >= 15 is 0 Å². The van der Waals surface area contributed by atoms with Crippen LogP contribution in [0.1, 0.15) is 41.3 Å². The molecule has 266 valence electrons. The number of hydrogen-bond donors (Lipinski definition) is 2. The zero-order chi connectivity index (χ0) is 36.5. The lowest BCUT2D eigenvalue weighted by atomic mass is 9.95. The maximum atomic E-state index is 13.5. The number of amides is 2. The molecule has 1 fully saturated rings. The standard InChI is InChI=1S/C37H35ClN8O6/c1-51-35(48)18-24-7-9-27(10-8-24)30-20-32(41-42-36(30)49)31(17-26-15-16-45(21-26)37(50)52-22-25-5-3-2-4-6-25)40-34(47)14-11-28-19-29(38)12-13-33(28)46-23-39-43-44-46/h2-14,19-20,23,26,31H,15-18,21-22H2,1H3,(H,40,47)(H,42,49)/b14-11+/t26?,31-/m0/s1. The number of ether oxygens (including phenoxy) is 2. The molecule has 6 rings (SSSR count). The molecule has 0 aliphatic carbocycles. The van der Waals surface area contributed by atoms with Crippen molar-refractivity contribution >= 4 is 35.6 Å². The van der Waals surface area contributed by atoms with Crippen molar-refractivity contribution in [2.24, 2.45) is 5.92 Å². The lowest BCUT2D eigenvalue weighted by molar-refractivity contribution is -0.139. The van der Waals surface area contributed by atoms with Crippen molar-refractivity contribution in [2.45, 2.75) is 31.9 Å². The normalized spacial score (nSPS) is 14.7. The number of carbonyl (C=O) groups excluding carboxylic acids is 3. The Morgan fingerprint density at radius 1 is 1.06 bits per heavy atom. The summed E-state index contributed by atoms with van der Waals surface area (Å²) in [6.07, 6.45) is 5.21. The van der Waals surface area contributed by atoms with Crippen LogP contribution in [0, 0.1) is 5.92 Å². The van der Waals surface area contributed by atoms with E-state index in [1.54, 1.807) is 59.5 Å². The molecule has 0 spiro atoms. The van der Waals surface area contributed by atoms with Crippen LogP contribution in [-0.2, 0) is 32.1 Å². The molecule has 0 saturated carbocycles.